The third-order valence-electron chi connectivity index (χ3n) is 1.04. The summed E-state index contributed by atoms with van der Waals surface area (Å²) in [6.45, 7) is 0. The predicted octanol–water partition coefficient (Wildman–Crippen LogP) is 3.14. The fourth-order valence-corrected chi connectivity index (χ4v) is 0.841. The monoisotopic (exact) mass is 177 g/mol. The Morgan fingerprint density at radius 1 is 1.30 bits per heavy atom. The fourth-order valence-electron chi connectivity index (χ4n) is 0.606. The van der Waals surface area contributed by atoms with Gasteiger partial charge < -0.3 is 0 Å². The molecule has 10 heavy (non-hydrogen) atoms. The van der Waals surface area contributed by atoms with Crippen molar-refractivity contribution in [2.45, 2.75) is 0 Å². The molecule has 54 valence electrons. The van der Waals surface area contributed by atoms with Gasteiger partial charge in [0.2, 0.25) is 0 Å². The molecule has 0 aromatic heterocycles. The average Bonchev–Trinajstić information content (AvgIpc) is 1.88. The maximum Gasteiger partial charge on any atom is 0.0679 e. The second kappa shape index (κ2) is 3.13. The molecule has 0 amide bonds. The van der Waals surface area contributed by atoms with Gasteiger partial charge in [-0.3, -0.25) is 0 Å². The zero-order valence-electron chi connectivity index (χ0n) is 4.94. The summed E-state index contributed by atoms with van der Waals surface area (Å²) in [4.78, 5) is 0.0829. The molecule has 0 fully saturated rings. The van der Waals surface area contributed by atoms with E-state index in [1.54, 1.807) is 12.1 Å². The highest BCUT2D eigenvalue weighted by molar-refractivity contribution is 6.54. The number of rotatable bonds is 1. The lowest BCUT2D eigenvalue weighted by molar-refractivity contribution is 0.627. The van der Waals surface area contributed by atoms with E-state index in [1.807, 2.05) is 0 Å². The van der Waals surface area contributed by atoms with Crippen LogP contribution in [-0.4, -0.2) is 0 Å². The molecule has 1 rings (SSSR count). The first kappa shape index (κ1) is 7.70. The van der Waals surface area contributed by atoms with Crippen LogP contribution in [0.4, 0.5) is 4.39 Å². The van der Waals surface area contributed by atoms with Gasteiger partial charge in [0.15, 0.2) is 0 Å². The Bertz CT molecular complexity index is 223. The molecule has 0 unspecified atom stereocenters. The van der Waals surface area contributed by atoms with E-state index in [2.05, 4.69) is 0 Å². The van der Waals surface area contributed by atoms with Crippen molar-refractivity contribution in [2.75, 3.05) is 0 Å². The molecular formula is C7H4Cl2F-. The molecule has 0 aliphatic heterocycles. The van der Waals surface area contributed by atoms with Crippen LogP contribution in [0, 0.1) is 10.7 Å². The summed E-state index contributed by atoms with van der Waals surface area (Å²) in [7, 11) is 0. The first-order chi connectivity index (χ1) is 4.70. The number of benzene rings is 1. The summed E-state index contributed by atoms with van der Waals surface area (Å²) in [6.07, 6.45) is 0. The molecule has 1 aromatic carbocycles. The van der Waals surface area contributed by atoms with E-state index >= 15 is 0 Å². The summed E-state index contributed by atoms with van der Waals surface area (Å²) in [5.41, 5.74) is 0.503. The first-order valence-electron chi connectivity index (χ1n) is 2.64. The molecule has 0 atom stereocenters. The highest BCUT2D eigenvalue weighted by atomic mass is 35.5. The molecule has 0 nitrogen and oxygen atoms in total. The quantitative estimate of drug-likeness (QED) is 0.579. The summed E-state index contributed by atoms with van der Waals surface area (Å²) in [5.74, 6) is -0.337. The van der Waals surface area contributed by atoms with Crippen molar-refractivity contribution in [1.82, 2.24) is 0 Å². The lowest BCUT2D eigenvalue weighted by Crippen LogP contribution is -1.82. The number of hydrogen-bond donors (Lipinski definition) is 0. The van der Waals surface area contributed by atoms with Crippen molar-refractivity contribution in [2.24, 2.45) is 0 Å². The van der Waals surface area contributed by atoms with Crippen LogP contribution in [-0.2, 0) is 0 Å². The van der Waals surface area contributed by atoms with Crippen LogP contribution in [0.15, 0.2) is 24.3 Å². The van der Waals surface area contributed by atoms with Gasteiger partial charge in [0, 0.05) is 4.84 Å². The van der Waals surface area contributed by atoms with Crippen LogP contribution in [0.25, 0.3) is 0 Å². The van der Waals surface area contributed by atoms with E-state index in [9.17, 15) is 4.39 Å². The Morgan fingerprint density at radius 2 is 2.00 bits per heavy atom. The van der Waals surface area contributed by atoms with Crippen molar-refractivity contribution in [1.29, 1.82) is 0 Å². The Balaban J connectivity index is 2.96. The standard InChI is InChI=1S/C7H4Cl2F/c8-7(9)5-2-1-3-6(10)4-5/h1-4H/q-1. The minimum atomic E-state index is -0.337. The van der Waals surface area contributed by atoms with Gasteiger partial charge in [-0.2, -0.15) is 34.8 Å². The normalized spacial score (nSPS) is 9.50. The van der Waals surface area contributed by atoms with Crippen LogP contribution in [0.1, 0.15) is 5.56 Å². The molecule has 0 aliphatic carbocycles. The van der Waals surface area contributed by atoms with E-state index < -0.39 is 0 Å². The van der Waals surface area contributed by atoms with Gasteiger partial charge in [-0.25, -0.2) is 4.39 Å². The highest BCUT2D eigenvalue weighted by Gasteiger charge is 1.91. The van der Waals surface area contributed by atoms with E-state index in [4.69, 9.17) is 23.2 Å². The van der Waals surface area contributed by atoms with Crippen molar-refractivity contribution >= 4 is 23.2 Å². The van der Waals surface area contributed by atoms with Gasteiger partial charge in [-0.05, 0) is 0 Å². The van der Waals surface area contributed by atoms with Crippen LogP contribution in [0.3, 0.4) is 0 Å². The summed E-state index contributed by atoms with van der Waals surface area (Å²) in [5, 5.41) is 0. The van der Waals surface area contributed by atoms with Gasteiger partial charge in [-0.1, -0.05) is 6.07 Å². The Hall–Kier alpha value is -0.400. The van der Waals surface area contributed by atoms with Crippen LogP contribution in [0.2, 0.25) is 0 Å². The molecule has 0 radical (unpaired) electrons. The largest absolute Gasteiger partial charge is 0.222 e. The van der Waals surface area contributed by atoms with Gasteiger partial charge in [-0.15, -0.1) is 12.1 Å². The Morgan fingerprint density at radius 3 is 2.40 bits per heavy atom. The van der Waals surface area contributed by atoms with Gasteiger partial charge in [0.1, 0.15) is 0 Å². The van der Waals surface area contributed by atoms with Crippen LogP contribution < -0.4 is 0 Å². The Labute approximate surface area is 68.6 Å². The van der Waals surface area contributed by atoms with Crippen molar-refractivity contribution < 1.29 is 4.39 Å². The molecule has 0 aliphatic rings. The van der Waals surface area contributed by atoms with Crippen molar-refractivity contribution in [3.05, 3.63) is 40.5 Å². The lowest BCUT2D eigenvalue weighted by atomic mass is 10.2. The summed E-state index contributed by atoms with van der Waals surface area (Å²) in [6, 6.07) is 5.80. The SMILES string of the molecule is Fc1cccc([C-](Cl)Cl)c1. The van der Waals surface area contributed by atoms with Crippen molar-refractivity contribution in [3.63, 3.8) is 0 Å². The second-order valence-corrected chi connectivity index (χ2v) is 2.72. The smallest absolute Gasteiger partial charge is 0.0679 e. The Kier molecular flexibility index (Phi) is 2.41. The highest BCUT2D eigenvalue weighted by Crippen LogP contribution is 2.23. The molecule has 0 saturated carbocycles. The molecule has 0 bridgehead atoms. The van der Waals surface area contributed by atoms with E-state index in [0.717, 1.165) is 0 Å². The third kappa shape index (κ3) is 1.79. The average molecular weight is 178 g/mol. The second-order valence-electron chi connectivity index (χ2n) is 1.77. The third-order valence-corrected chi connectivity index (χ3v) is 1.48. The van der Waals surface area contributed by atoms with Gasteiger partial charge in [0.05, 0.1) is 5.82 Å². The van der Waals surface area contributed by atoms with Crippen molar-refractivity contribution in [3.8, 4) is 0 Å². The molecular weight excluding hydrogens is 174 g/mol. The molecule has 0 spiro atoms. The maximum atomic E-state index is 12.4. The van der Waals surface area contributed by atoms with E-state index in [-0.39, 0.29) is 10.7 Å². The maximum absolute atomic E-state index is 12.4. The molecule has 1 aromatic rings. The molecule has 0 N–H and O–H groups in total. The summed E-state index contributed by atoms with van der Waals surface area (Å²) >= 11 is 10.8. The molecule has 0 heterocycles. The zero-order valence-corrected chi connectivity index (χ0v) is 6.46. The van der Waals surface area contributed by atoms with Crippen LogP contribution in [0.5, 0.6) is 0 Å². The topological polar surface area (TPSA) is 0 Å². The van der Waals surface area contributed by atoms with E-state index in [1.165, 1.54) is 12.1 Å². The van der Waals surface area contributed by atoms with Crippen LogP contribution >= 0.6 is 23.2 Å². The minimum absolute atomic E-state index is 0.0829. The number of hydrogen-bond acceptors (Lipinski definition) is 0. The zero-order chi connectivity index (χ0) is 7.56. The predicted molar refractivity (Wildman–Crippen MR) is 40.5 cm³/mol. The van der Waals surface area contributed by atoms with E-state index in [0.29, 0.717) is 5.56 Å². The summed E-state index contributed by atoms with van der Waals surface area (Å²) < 4.78 is 12.4. The number of halogens is 3. The fraction of sp³-hybridized carbons (Fsp3) is 0. The molecule has 0 saturated heterocycles. The minimum Gasteiger partial charge on any atom is -0.222 e. The lowest BCUT2D eigenvalue weighted by Gasteiger charge is -2.09. The van der Waals surface area contributed by atoms with Gasteiger partial charge >= 0.3 is 0 Å². The molecule has 3 heteroatoms. The van der Waals surface area contributed by atoms with Gasteiger partial charge in [0.25, 0.3) is 0 Å². The first-order valence-corrected chi connectivity index (χ1v) is 3.39.